The van der Waals surface area contributed by atoms with Gasteiger partial charge in [-0.1, -0.05) is 6.07 Å². The number of nitrogens with two attached hydrogens (primary N) is 1. The summed E-state index contributed by atoms with van der Waals surface area (Å²) < 4.78 is 5.47. The number of hydrogen-bond donors (Lipinski definition) is 3. The zero-order chi connectivity index (χ0) is 16.0. The number of nitro benzene ring substituents is 1. The molecule has 0 aromatic heterocycles. The van der Waals surface area contributed by atoms with E-state index in [1.54, 1.807) is 0 Å². The Morgan fingerprint density at radius 3 is 2.67 bits per heavy atom. The third-order valence-electron chi connectivity index (χ3n) is 2.84. The van der Waals surface area contributed by atoms with Crippen LogP contribution in [0.3, 0.4) is 0 Å². The van der Waals surface area contributed by atoms with Crippen LogP contribution >= 0.6 is 0 Å². The molecule has 8 heteroatoms. The molecule has 0 atom stereocenters. The second kappa shape index (κ2) is 7.00. The molecule has 0 heterocycles. The van der Waals surface area contributed by atoms with Gasteiger partial charge in [-0.25, -0.2) is 0 Å². The molecule has 0 aliphatic carbocycles. The number of para-hydroxylation sites is 1. The summed E-state index contributed by atoms with van der Waals surface area (Å²) in [7, 11) is 0. The number of anilines is 1. The minimum atomic E-state index is -0.601. The lowest BCUT2D eigenvalue weighted by molar-refractivity contribution is -0.384. The predicted octanol–water partition coefficient (Wildman–Crippen LogP) is 1.43. The van der Waals surface area contributed by atoms with E-state index in [1.165, 1.54) is 18.2 Å². The highest BCUT2D eigenvalue weighted by molar-refractivity contribution is 6.01. The van der Waals surface area contributed by atoms with Crippen molar-refractivity contribution in [2.45, 2.75) is 26.4 Å². The molecule has 1 amide bonds. The van der Waals surface area contributed by atoms with Gasteiger partial charge in [-0.15, -0.1) is 0 Å². The number of nitrogens with zero attached hydrogens (tertiary/aromatic N) is 1. The highest BCUT2D eigenvalue weighted by Gasteiger charge is 2.23. The number of hydrogen-bond acceptors (Lipinski definition) is 6. The molecular formula is C13H20N4O4. The Bertz CT molecular complexity index is 531. The lowest BCUT2D eigenvalue weighted by Gasteiger charge is -2.25. The van der Waals surface area contributed by atoms with Crippen LogP contribution in [0, 0.1) is 10.1 Å². The van der Waals surface area contributed by atoms with Crippen LogP contribution in [0.4, 0.5) is 11.4 Å². The van der Waals surface area contributed by atoms with E-state index < -0.39 is 16.4 Å². The molecule has 1 rings (SSSR count). The number of nitrogens with one attached hydrogen (secondary N) is 2. The number of ether oxygens (including phenoxy) is 1. The number of carbonyl (C=O) groups is 1. The summed E-state index contributed by atoms with van der Waals surface area (Å²) in [5.41, 5.74) is 1.52. The van der Waals surface area contributed by atoms with Gasteiger partial charge in [0.25, 0.3) is 11.6 Å². The van der Waals surface area contributed by atoms with Gasteiger partial charge >= 0.3 is 0 Å². The summed E-state index contributed by atoms with van der Waals surface area (Å²) in [5.74, 6) is 4.84. The molecule has 116 valence electrons. The van der Waals surface area contributed by atoms with Crippen LogP contribution in [0.1, 0.15) is 31.1 Å². The smallest absolute Gasteiger partial charge is 0.294 e. The lowest BCUT2D eigenvalue weighted by atomic mass is 10.1. The maximum Gasteiger partial charge on any atom is 0.294 e. The van der Waals surface area contributed by atoms with Crippen molar-refractivity contribution in [2.24, 2.45) is 5.84 Å². The van der Waals surface area contributed by atoms with E-state index in [0.29, 0.717) is 6.61 Å². The number of nitrogen functional groups attached to an aromatic ring is 1. The first-order valence-corrected chi connectivity index (χ1v) is 6.48. The van der Waals surface area contributed by atoms with Crippen molar-refractivity contribution >= 4 is 17.3 Å². The van der Waals surface area contributed by atoms with Crippen molar-refractivity contribution in [1.29, 1.82) is 0 Å². The minimum absolute atomic E-state index is 0.0192. The molecule has 1 aromatic carbocycles. The topological polar surface area (TPSA) is 120 Å². The van der Waals surface area contributed by atoms with Crippen LogP contribution in [0.2, 0.25) is 0 Å². The summed E-state index contributed by atoms with van der Waals surface area (Å²) in [6, 6.07) is 4.17. The Labute approximate surface area is 122 Å². The van der Waals surface area contributed by atoms with E-state index in [9.17, 15) is 14.9 Å². The fourth-order valence-electron chi connectivity index (χ4n) is 1.86. The van der Waals surface area contributed by atoms with Crippen molar-refractivity contribution < 1.29 is 14.5 Å². The van der Waals surface area contributed by atoms with Crippen LogP contribution in [0.5, 0.6) is 0 Å². The molecule has 0 aliphatic rings. The monoisotopic (exact) mass is 296 g/mol. The third-order valence-corrected chi connectivity index (χ3v) is 2.84. The van der Waals surface area contributed by atoms with Gasteiger partial charge in [-0.2, -0.15) is 0 Å². The summed E-state index contributed by atoms with van der Waals surface area (Å²) in [5, 5.41) is 13.6. The molecule has 0 bridgehead atoms. The normalized spacial score (nSPS) is 11.0. The summed E-state index contributed by atoms with van der Waals surface area (Å²) >= 11 is 0. The van der Waals surface area contributed by atoms with E-state index in [0.717, 1.165) is 0 Å². The van der Waals surface area contributed by atoms with Gasteiger partial charge in [0.05, 0.1) is 16.1 Å². The van der Waals surface area contributed by atoms with E-state index in [1.807, 2.05) is 20.8 Å². The first kappa shape index (κ1) is 16.9. The molecule has 1 aromatic rings. The van der Waals surface area contributed by atoms with Gasteiger partial charge in [-0.05, 0) is 26.8 Å². The first-order valence-electron chi connectivity index (χ1n) is 6.48. The van der Waals surface area contributed by atoms with E-state index in [2.05, 4.69) is 10.7 Å². The van der Waals surface area contributed by atoms with Crippen LogP contribution in [-0.4, -0.2) is 29.6 Å². The molecule has 0 aliphatic heterocycles. The second-order valence-electron chi connectivity index (χ2n) is 4.98. The Kier molecular flexibility index (Phi) is 5.62. The van der Waals surface area contributed by atoms with E-state index >= 15 is 0 Å². The average molecular weight is 296 g/mol. The van der Waals surface area contributed by atoms with Crippen molar-refractivity contribution in [3.63, 3.8) is 0 Å². The Morgan fingerprint density at radius 2 is 2.14 bits per heavy atom. The fraction of sp³-hybridized carbons (Fsp3) is 0.462. The predicted molar refractivity (Wildman–Crippen MR) is 78.9 cm³/mol. The van der Waals surface area contributed by atoms with E-state index in [-0.39, 0.29) is 23.5 Å². The van der Waals surface area contributed by atoms with Crippen molar-refractivity contribution in [3.05, 3.63) is 33.9 Å². The number of hydrazine groups is 1. The molecule has 8 nitrogen and oxygen atoms in total. The molecule has 0 saturated carbocycles. The molecule has 0 radical (unpaired) electrons. The highest BCUT2D eigenvalue weighted by Crippen LogP contribution is 2.27. The van der Waals surface area contributed by atoms with Gasteiger partial charge in [0.15, 0.2) is 0 Å². The SMILES string of the molecule is CCOC(C)(C)CNC(=O)c1cccc([N+](=O)[O-])c1NN. The number of carbonyl (C=O) groups excluding carboxylic acids is 1. The number of nitro groups is 1. The van der Waals surface area contributed by atoms with Gasteiger partial charge in [0.2, 0.25) is 0 Å². The molecular weight excluding hydrogens is 276 g/mol. The molecule has 0 spiro atoms. The minimum Gasteiger partial charge on any atom is -0.374 e. The summed E-state index contributed by atoms with van der Waals surface area (Å²) in [6.07, 6.45) is 0. The van der Waals surface area contributed by atoms with Gasteiger partial charge in [0.1, 0.15) is 5.69 Å². The maximum atomic E-state index is 12.2. The summed E-state index contributed by atoms with van der Waals surface area (Å²) in [6.45, 7) is 6.33. The zero-order valence-electron chi connectivity index (χ0n) is 12.3. The Morgan fingerprint density at radius 1 is 1.48 bits per heavy atom. The fourth-order valence-corrected chi connectivity index (χ4v) is 1.86. The first-order chi connectivity index (χ1) is 9.82. The molecule has 0 fully saturated rings. The lowest BCUT2D eigenvalue weighted by Crippen LogP contribution is -2.40. The number of rotatable bonds is 7. The number of benzene rings is 1. The average Bonchev–Trinajstić information content (AvgIpc) is 2.43. The molecule has 4 N–H and O–H groups in total. The van der Waals surface area contributed by atoms with Gasteiger partial charge in [-0.3, -0.25) is 20.8 Å². The zero-order valence-corrected chi connectivity index (χ0v) is 12.3. The largest absolute Gasteiger partial charge is 0.374 e. The van der Waals surface area contributed by atoms with E-state index in [4.69, 9.17) is 10.6 Å². The highest BCUT2D eigenvalue weighted by atomic mass is 16.6. The van der Waals surface area contributed by atoms with Gasteiger partial charge < -0.3 is 15.5 Å². The molecule has 21 heavy (non-hydrogen) atoms. The van der Waals surface area contributed by atoms with Crippen molar-refractivity contribution in [3.8, 4) is 0 Å². The Balaban J connectivity index is 2.93. The van der Waals surface area contributed by atoms with Crippen LogP contribution in [0.25, 0.3) is 0 Å². The molecule has 0 unspecified atom stereocenters. The van der Waals surface area contributed by atoms with Crippen LogP contribution in [0.15, 0.2) is 18.2 Å². The third kappa shape index (κ3) is 4.40. The quantitative estimate of drug-likeness (QED) is 0.398. The maximum absolute atomic E-state index is 12.2. The Hall–Kier alpha value is -2.19. The van der Waals surface area contributed by atoms with Gasteiger partial charge in [0, 0.05) is 19.2 Å². The van der Waals surface area contributed by atoms with Crippen molar-refractivity contribution in [2.75, 3.05) is 18.6 Å². The van der Waals surface area contributed by atoms with Crippen LogP contribution < -0.4 is 16.6 Å². The van der Waals surface area contributed by atoms with Crippen molar-refractivity contribution in [1.82, 2.24) is 5.32 Å². The second-order valence-corrected chi connectivity index (χ2v) is 4.98. The standard InChI is InChI=1S/C13H20N4O4/c1-4-21-13(2,3)8-15-12(18)9-6-5-7-10(17(19)20)11(9)16-14/h5-7,16H,4,8,14H2,1-3H3,(H,15,18). The number of amides is 1. The molecule has 0 saturated heterocycles. The van der Waals surface area contributed by atoms with Crippen LogP contribution in [-0.2, 0) is 4.74 Å². The summed E-state index contributed by atoms with van der Waals surface area (Å²) in [4.78, 5) is 22.5.